The molecule has 1 aromatic rings. The molecule has 1 heterocycles. The van der Waals surface area contributed by atoms with Gasteiger partial charge in [-0.3, -0.25) is 0 Å². The van der Waals surface area contributed by atoms with Gasteiger partial charge in [-0.15, -0.1) is 0 Å². The molecule has 16 heavy (non-hydrogen) atoms. The summed E-state index contributed by atoms with van der Waals surface area (Å²) in [5.41, 5.74) is 1.42. The topological polar surface area (TPSA) is 62.5 Å². The summed E-state index contributed by atoms with van der Waals surface area (Å²) in [6.07, 6.45) is -1.10. The molecular formula is C12H13NO3. The number of aliphatic hydroxyl groups is 1. The Morgan fingerprint density at radius 2 is 2.25 bits per heavy atom. The summed E-state index contributed by atoms with van der Waals surface area (Å²) < 4.78 is 11.1. The number of hydrogen-bond acceptors (Lipinski definition) is 4. The smallest absolute Gasteiger partial charge is 0.205 e. The van der Waals surface area contributed by atoms with Gasteiger partial charge in [0.15, 0.2) is 6.10 Å². The van der Waals surface area contributed by atoms with E-state index in [-0.39, 0.29) is 0 Å². The lowest BCUT2D eigenvalue weighted by atomic mass is 10.1. The first-order valence-corrected chi connectivity index (χ1v) is 5.05. The van der Waals surface area contributed by atoms with Gasteiger partial charge in [-0.25, -0.2) is 0 Å². The first kappa shape index (κ1) is 10.9. The fourth-order valence-electron chi connectivity index (χ4n) is 1.60. The third kappa shape index (κ3) is 2.01. The second-order valence-corrected chi connectivity index (χ2v) is 4.19. The standard InChI is InChI=1S/C12H13NO3/c1-12(2)15-7-9-5-8(10(14)6-13)3-4-11(9)16-12/h3-5,10,14H,7H2,1-2H3/t10-/m0/s1. The molecule has 1 N–H and O–H groups in total. The van der Waals surface area contributed by atoms with E-state index < -0.39 is 11.9 Å². The maximum Gasteiger partial charge on any atom is 0.205 e. The van der Waals surface area contributed by atoms with E-state index in [4.69, 9.17) is 14.7 Å². The predicted octanol–water partition coefficient (Wildman–Crippen LogP) is 1.89. The van der Waals surface area contributed by atoms with Crippen LogP contribution >= 0.6 is 0 Å². The van der Waals surface area contributed by atoms with Crippen molar-refractivity contribution < 1.29 is 14.6 Å². The molecule has 1 aliphatic rings. The molecule has 0 bridgehead atoms. The van der Waals surface area contributed by atoms with Crippen molar-refractivity contribution in [3.8, 4) is 11.8 Å². The van der Waals surface area contributed by atoms with Crippen LogP contribution in [-0.2, 0) is 11.3 Å². The largest absolute Gasteiger partial charge is 0.463 e. The van der Waals surface area contributed by atoms with Crippen LogP contribution in [0.3, 0.4) is 0 Å². The van der Waals surface area contributed by atoms with Gasteiger partial charge in [0.05, 0.1) is 12.7 Å². The zero-order valence-corrected chi connectivity index (χ0v) is 9.23. The average Bonchev–Trinajstić information content (AvgIpc) is 2.26. The maximum absolute atomic E-state index is 9.39. The Labute approximate surface area is 94.0 Å². The van der Waals surface area contributed by atoms with E-state index in [2.05, 4.69) is 0 Å². The summed E-state index contributed by atoms with van der Waals surface area (Å²) in [6.45, 7) is 4.11. The monoisotopic (exact) mass is 219 g/mol. The highest BCUT2D eigenvalue weighted by atomic mass is 16.7. The lowest BCUT2D eigenvalue weighted by Crippen LogP contribution is -2.35. The SMILES string of the molecule is CC1(C)OCc2cc([C@@H](O)C#N)ccc2O1. The molecule has 1 atom stereocenters. The summed E-state index contributed by atoms with van der Waals surface area (Å²) in [5, 5.41) is 18.0. The molecule has 0 saturated carbocycles. The van der Waals surface area contributed by atoms with Crippen molar-refractivity contribution in [1.82, 2.24) is 0 Å². The first-order valence-electron chi connectivity index (χ1n) is 5.05. The molecule has 0 amide bonds. The quantitative estimate of drug-likeness (QED) is 0.732. The van der Waals surface area contributed by atoms with Gasteiger partial charge in [-0.1, -0.05) is 6.07 Å². The van der Waals surface area contributed by atoms with Crippen LogP contribution in [0.15, 0.2) is 18.2 Å². The van der Waals surface area contributed by atoms with E-state index in [1.807, 2.05) is 13.8 Å². The molecule has 2 rings (SSSR count). The number of benzene rings is 1. The number of nitriles is 1. The zero-order valence-electron chi connectivity index (χ0n) is 9.23. The minimum absolute atomic E-state index is 0.425. The Hall–Kier alpha value is -1.57. The highest BCUT2D eigenvalue weighted by molar-refractivity contribution is 5.39. The molecule has 0 aliphatic carbocycles. The summed E-state index contributed by atoms with van der Waals surface area (Å²) in [6, 6.07) is 6.96. The number of nitrogens with zero attached hydrogens (tertiary/aromatic N) is 1. The third-order valence-electron chi connectivity index (χ3n) is 2.45. The van der Waals surface area contributed by atoms with Crippen LogP contribution in [0.1, 0.15) is 31.1 Å². The fourth-order valence-corrected chi connectivity index (χ4v) is 1.60. The molecule has 1 aromatic carbocycles. The van der Waals surface area contributed by atoms with Gasteiger partial charge in [0.25, 0.3) is 0 Å². The van der Waals surface area contributed by atoms with Crippen molar-refractivity contribution in [2.75, 3.05) is 0 Å². The van der Waals surface area contributed by atoms with E-state index in [1.165, 1.54) is 0 Å². The molecule has 0 saturated heterocycles. The minimum atomic E-state index is -1.10. The number of hydrogen-bond donors (Lipinski definition) is 1. The second-order valence-electron chi connectivity index (χ2n) is 4.19. The van der Waals surface area contributed by atoms with Gasteiger partial charge in [0, 0.05) is 19.4 Å². The molecule has 84 valence electrons. The first-order chi connectivity index (χ1) is 7.52. The Bertz CT molecular complexity index is 448. The van der Waals surface area contributed by atoms with E-state index >= 15 is 0 Å². The second kappa shape index (κ2) is 3.78. The van der Waals surface area contributed by atoms with Crippen LogP contribution in [0, 0.1) is 11.3 Å². The maximum atomic E-state index is 9.39. The summed E-state index contributed by atoms with van der Waals surface area (Å²) in [4.78, 5) is 0. The number of ether oxygens (including phenoxy) is 2. The van der Waals surface area contributed by atoms with Gasteiger partial charge in [-0.2, -0.15) is 5.26 Å². The number of fused-ring (bicyclic) bond motifs is 1. The molecule has 1 aliphatic heterocycles. The molecule has 4 nitrogen and oxygen atoms in total. The molecular weight excluding hydrogens is 206 g/mol. The van der Waals surface area contributed by atoms with Crippen LogP contribution in [-0.4, -0.2) is 10.9 Å². The average molecular weight is 219 g/mol. The Kier molecular flexibility index (Phi) is 2.58. The lowest BCUT2D eigenvalue weighted by molar-refractivity contribution is -0.180. The Morgan fingerprint density at radius 1 is 1.50 bits per heavy atom. The van der Waals surface area contributed by atoms with Crippen LogP contribution in [0.4, 0.5) is 0 Å². The normalized spacial score (nSPS) is 19.1. The van der Waals surface area contributed by atoms with Crippen LogP contribution in [0.2, 0.25) is 0 Å². The third-order valence-corrected chi connectivity index (χ3v) is 2.45. The fraction of sp³-hybridized carbons (Fsp3) is 0.417. The number of rotatable bonds is 1. The van der Waals surface area contributed by atoms with Crippen molar-refractivity contribution >= 4 is 0 Å². The van der Waals surface area contributed by atoms with E-state index in [9.17, 15) is 5.11 Å². The Morgan fingerprint density at radius 3 is 2.94 bits per heavy atom. The van der Waals surface area contributed by atoms with E-state index in [1.54, 1.807) is 24.3 Å². The van der Waals surface area contributed by atoms with E-state index in [0.717, 1.165) is 11.3 Å². The molecule has 0 unspecified atom stereocenters. The summed E-state index contributed by atoms with van der Waals surface area (Å²) in [5.74, 6) is 0.118. The van der Waals surface area contributed by atoms with Gasteiger partial charge in [-0.05, 0) is 17.7 Å². The molecule has 0 fully saturated rings. The predicted molar refractivity (Wildman–Crippen MR) is 56.5 cm³/mol. The Balaban J connectivity index is 2.32. The van der Waals surface area contributed by atoms with Gasteiger partial charge >= 0.3 is 0 Å². The summed E-state index contributed by atoms with van der Waals surface area (Å²) in [7, 11) is 0. The van der Waals surface area contributed by atoms with E-state index in [0.29, 0.717) is 12.2 Å². The van der Waals surface area contributed by atoms with Gasteiger partial charge in [0.2, 0.25) is 5.79 Å². The number of aliphatic hydroxyl groups excluding tert-OH is 1. The molecule has 0 aromatic heterocycles. The van der Waals surface area contributed by atoms with Gasteiger partial charge < -0.3 is 14.6 Å². The van der Waals surface area contributed by atoms with Crippen LogP contribution < -0.4 is 4.74 Å². The lowest BCUT2D eigenvalue weighted by Gasteiger charge is -2.32. The molecule has 0 radical (unpaired) electrons. The molecule has 4 heteroatoms. The minimum Gasteiger partial charge on any atom is -0.463 e. The zero-order chi connectivity index (χ0) is 11.8. The van der Waals surface area contributed by atoms with Crippen molar-refractivity contribution in [2.45, 2.75) is 32.3 Å². The van der Waals surface area contributed by atoms with Crippen LogP contribution in [0.25, 0.3) is 0 Å². The van der Waals surface area contributed by atoms with Crippen molar-refractivity contribution in [3.05, 3.63) is 29.3 Å². The summed E-state index contributed by atoms with van der Waals surface area (Å²) >= 11 is 0. The van der Waals surface area contributed by atoms with Crippen molar-refractivity contribution in [2.24, 2.45) is 0 Å². The van der Waals surface area contributed by atoms with Gasteiger partial charge in [0.1, 0.15) is 5.75 Å². The molecule has 0 spiro atoms. The van der Waals surface area contributed by atoms with Crippen molar-refractivity contribution in [1.29, 1.82) is 5.26 Å². The highest BCUT2D eigenvalue weighted by Gasteiger charge is 2.27. The van der Waals surface area contributed by atoms with Crippen LogP contribution in [0.5, 0.6) is 5.75 Å². The highest BCUT2D eigenvalue weighted by Crippen LogP contribution is 2.32. The van der Waals surface area contributed by atoms with Crippen molar-refractivity contribution in [3.63, 3.8) is 0 Å².